The summed E-state index contributed by atoms with van der Waals surface area (Å²) in [5, 5.41) is 14.3. The van der Waals surface area contributed by atoms with Crippen LogP contribution in [0.25, 0.3) is 0 Å². The van der Waals surface area contributed by atoms with Gasteiger partial charge >= 0.3 is 6.09 Å². The summed E-state index contributed by atoms with van der Waals surface area (Å²) in [6.45, 7) is 7.62. The fourth-order valence-electron chi connectivity index (χ4n) is 1.84. The first-order valence-electron chi connectivity index (χ1n) is 7.69. The molecule has 1 rings (SSSR count). The topological polar surface area (TPSA) is 87.7 Å². The van der Waals surface area contributed by atoms with E-state index < -0.39 is 11.7 Å². The Balaban J connectivity index is 2.50. The Bertz CT molecular complexity index is 520. The van der Waals surface area contributed by atoms with Crippen LogP contribution in [0.15, 0.2) is 24.3 Å². The Hall–Kier alpha value is -2.08. The number of benzene rings is 1. The molecule has 0 saturated carbocycles. The number of nitrogens with one attached hydrogen (secondary N) is 2. The lowest BCUT2D eigenvalue weighted by molar-refractivity contribution is 0.0523. The van der Waals surface area contributed by atoms with Gasteiger partial charge in [0.1, 0.15) is 5.60 Å². The van der Waals surface area contributed by atoms with Gasteiger partial charge in [-0.25, -0.2) is 4.79 Å². The number of alkyl carbamates (subject to hydrolysis) is 1. The van der Waals surface area contributed by atoms with Crippen LogP contribution in [-0.4, -0.2) is 35.4 Å². The van der Waals surface area contributed by atoms with Crippen LogP contribution in [0.3, 0.4) is 0 Å². The molecule has 0 aliphatic heterocycles. The van der Waals surface area contributed by atoms with Crippen molar-refractivity contribution in [3.8, 4) is 0 Å². The van der Waals surface area contributed by atoms with Crippen LogP contribution < -0.4 is 10.6 Å². The number of carbonyl (C=O) groups is 2. The standard InChI is InChI=1S/C17H26N2O4/c1-12(9-10-20)19-15(21)14-7-5-13(6-8-14)11-18-16(22)23-17(2,3)4/h5-8,12,20H,9-11H2,1-4H3,(H,18,22)(H,19,21)/t12-/m0/s1. The summed E-state index contributed by atoms with van der Waals surface area (Å²) in [6, 6.07) is 6.88. The fourth-order valence-corrected chi connectivity index (χ4v) is 1.84. The second-order valence-corrected chi connectivity index (χ2v) is 6.44. The Labute approximate surface area is 137 Å². The third-order valence-corrected chi connectivity index (χ3v) is 2.99. The smallest absolute Gasteiger partial charge is 0.407 e. The summed E-state index contributed by atoms with van der Waals surface area (Å²) in [6.07, 6.45) is 0.0426. The maximum absolute atomic E-state index is 12.0. The normalized spacial score (nSPS) is 12.4. The zero-order chi connectivity index (χ0) is 17.5. The molecule has 0 radical (unpaired) electrons. The maximum Gasteiger partial charge on any atom is 0.407 e. The number of carbonyl (C=O) groups excluding carboxylic acids is 2. The molecule has 2 amide bonds. The molecule has 0 bridgehead atoms. The van der Waals surface area contributed by atoms with Crippen molar-refractivity contribution < 1.29 is 19.4 Å². The highest BCUT2D eigenvalue weighted by molar-refractivity contribution is 5.94. The van der Waals surface area contributed by atoms with Crippen LogP contribution >= 0.6 is 0 Å². The molecule has 3 N–H and O–H groups in total. The first kappa shape index (κ1) is 19.0. The molecule has 1 aromatic rings. The number of hydrogen-bond acceptors (Lipinski definition) is 4. The molecule has 6 nitrogen and oxygen atoms in total. The van der Waals surface area contributed by atoms with Crippen LogP contribution in [0.5, 0.6) is 0 Å². The van der Waals surface area contributed by atoms with Gasteiger partial charge in [-0.3, -0.25) is 4.79 Å². The van der Waals surface area contributed by atoms with E-state index in [0.717, 1.165) is 5.56 Å². The number of aliphatic hydroxyl groups is 1. The second-order valence-electron chi connectivity index (χ2n) is 6.44. The third kappa shape index (κ3) is 7.65. The number of aliphatic hydroxyl groups excluding tert-OH is 1. The Morgan fingerprint density at radius 1 is 1.22 bits per heavy atom. The Morgan fingerprint density at radius 2 is 1.83 bits per heavy atom. The first-order chi connectivity index (χ1) is 10.7. The van der Waals surface area contributed by atoms with Crippen molar-refractivity contribution in [2.45, 2.75) is 52.3 Å². The van der Waals surface area contributed by atoms with Crippen LogP contribution in [0.2, 0.25) is 0 Å². The highest BCUT2D eigenvalue weighted by Crippen LogP contribution is 2.08. The SMILES string of the molecule is C[C@@H](CCO)NC(=O)c1ccc(CNC(=O)OC(C)(C)C)cc1. The zero-order valence-electron chi connectivity index (χ0n) is 14.2. The molecule has 0 aromatic heterocycles. The van der Waals surface area contributed by atoms with Gasteiger partial charge in [0.15, 0.2) is 0 Å². The lowest BCUT2D eigenvalue weighted by atomic mass is 10.1. The summed E-state index contributed by atoms with van der Waals surface area (Å²) in [5.74, 6) is -0.183. The molecule has 128 valence electrons. The molecule has 1 atom stereocenters. The van der Waals surface area contributed by atoms with Crippen molar-refractivity contribution in [2.75, 3.05) is 6.61 Å². The summed E-state index contributed by atoms with van der Waals surface area (Å²) in [5.41, 5.74) is 0.878. The molecule has 1 aromatic carbocycles. The van der Waals surface area contributed by atoms with Crippen molar-refractivity contribution in [2.24, 2.45) is 0 Å². The van der Waals surface area contributed by atoms with Gasteiger partial charge in [-0.05, 0) is 51.8 Å². The number of rotatable bonds is 6. The minimum atomic E-state index is -0.530. The van der Waals surface area contributed by atoms with E-state index >= 15 is 0 Å². The van der Waals surface area contributed by atoms with Gasteiger partial charge in [-0.15, -0.1) is 0 Å². The predicted octanol–water partition coefficient (Wildman–Crippen LogP) is 2.21. The van der Waals surface area contributed by atoms with Gasteiger partial charge in [0, 0.05) is 24.8 Å². The van der Waals surface area contributed by atoms with E-state index in [4.69, 9.17) is 9.84 Å². The average molecular weight is 322 g/mol. The molecular formula is C17H26N2O4. The zero-order valence-corrected chi connectivity index (χ0v) is 14.2. The summed E-state index contributed by atoms with van der Waals surface area (Å²) < 4.78 is 5.15. The van der Waals surface area contributed by atoms with E-state index in [1.807, 2.05) is 6.92 Å². The lowest BCUT2D eigenvalue weighted by Crippen LogP contribution is -2.33. The molecule has 0 aliphatic carbocycles. The fraction of sp³-hybridized carbons (Fsp3) is 0.529. The number of ether oxygens (including phenoxy) is 1. The second kappa shape index (κ2) is 8.53. The minimum absolute atomic E-state index is 0.0384. The molecule has 0 heterocycles. The van der Waals surface area contributed by atoms with Gasteiger partial charge in [0.05, 0.1) is 0 Å². The van der Waals surface area contributed by atoms with Gasteiger partial charge in [-0.1, -0.05) is 12.1 Å². The first-order valence-corrected chi connectivity index (χ1v) is 7.69. The monoisotopic (exact) mass is 322 g/mol. The number of hydrogen-bond donors (Lipinski definition) is 3. The molecule has 0 fully saturated rings. The molecule has 0 saturated heterocycles. The molecule has 6 heteroatoms. The van der Waals surface area contributed by atoms with E-state index in [1.54, 1.807) is 45.0 Å². The van der Waals surface area contributed by atoms with Gasteiger partial charge in [0.25, 0.3) is 5.91 Å². The molecule has 0 aliphatic rings. The van der Waals surface area contributed by atoms with Crippen molar-refractivity contribution in [1.29, 1.82) is 0 Å². The highest BCUT2D eigenvalue weighted by atomic mass is 16.6. The van der Waals surface area contributed by atoms with Crippen LogP contribution in [0.4, 0.5) is 4.79 Å². The van der Waals surface area contributed by atoms with Crippen LogP contribution in [0.1, 0.15) is 50.0 Å². The van der Waals surface area contributed by atoms with Gasteiger partial charge in [-0.2, -0.15) is 0 Å². The van der Waals surface area contributed by atoms with Gasteiger partial charge < -0.3 is 20.5 Å². The average Bonchev–Trinajstić information content (AvgIpc) is 2.44. The molecule has 0 unspecified atom stereocenters. The summed E-state index contributed by atoms with van der Waals surface area (Å²) >= 11 is 0. The number of amides is 2. The largest absolute Gasteiger partial charge is 0.444 e. The Kier molecular flexibility index (Phi) is 7.03. The third-order valence-electron chi connectivity index (χ3n) is 2.99. The van der Waals surface area contributed by atoms with E-state index in [2.05, 4.69) is 10.6 Å². The van der Waals surface area contributed by atoms with E-state index in [0.29, 0.717) is 18.5 Å². The van der Waals surface area contributed by atoms with Crippen molar-refractivity contribution >= 4 is 12.0 Å². The van der Waals surface area contributed by atoms with Crippen molar-refractivity contribution in [3.63, 3.8) is 0 Å². The maximum atomic E-state index is 12.0. The molecule has 0 spiro atoms. The van der Waals surface area contributed by atoms with Crippen LogP contribution in [-0.2, 0) is 11.3 Å². The van der Waals surface area contributed by atoms with E-state index in [9.17, 15) is 9.59 Å². The molecule has 23 heavy (non-hydrogen) atoms. The van der Waals surface area contributed by atoms with Gasteiger partial charge in [0.2, 0.25) is 0 Å². The lowest BCUT2D eigenvalue weighted by Gasteiger charge is -2.19. The van der Waals surface area contributed by atoms with Crippen molar-refractivity contribution in [3.05, 3.63) is 35.4 Å². The van der Waals surface area contributed by atoms with Crippen molar-refractivity contribution in [1.82, 2.24) is 10.6 Å². The Morgan fingerprint density at radius 3 is 2.35 bits per heavy atom. The van der Waals surface area contributed by atoms with Crippen LogP contribution in [0, 0.1) is 0 Å². The summed E-state index contributed by atoms with van der Waals surface area (Å²) in [7, 11) is 0. The minimum Gasteiger partial charge on any atom is -0.444 e. The highest BCUT2D eigenvalue weighted by Gasteiger charge is 2.15. The predicted molar refractivity (Wildman–Crippen MR) is 88.1 cm³/mol. The van der Waals surface area contributed by atoms with E-state index in [1.165, 1.54) is 0 Å². The van der Waals surface area contributed by atoms with E-state index in [-0.39, 0.29) is 18.6 Å². The quantitative estimate of drug-likeness (QED) is 0.749. The molecular weight excluding hydrogens is 296 g/mol. The summed E-state index contributed by atoms with van der Waals surface area (Å²) in [4.78, 5) is 23.6.